The molecular formula is C24H33N3O5S. The predicted octanol–water partition coefficient (Wildman–Crippen LogP) is 2.79. The van der Waals surface area contributed by atoms with Crippen molar-refractivity contribution < 1.29 is 22.7 Å². The average Bonchev–Trinajstić information content (AvgIpc) is 2.80. The fourth-order valence-electron chi connectivity index (χ4n) is 3.44. The van der Waals surface area contributed by atoms with E-state index in [1.807, 2.05) is 37.3 Å². The Labute approximate surface area is 196 Å². The van der Waals surface area contributed by atoms with Gasteiger partial charge in [-0.1, -0.05) is 30.3 Å². The van der Waals surface area contributed by atoms with E-state index in [-0.39, 0.29) is 24.8 Å². The number of hydrogen-bond acceptors (Lipinski definition) is 5. The van der Waals surface area contributed by atoms with Crippen molar-refractivity contribution in [1.82, 2.24) is 10.2 Å². The molecule has 1 N–H and O–H groups in total. The lowest BCUT2D eigenvalue weighted by Crippen LogP contribution is -2.47. The quantitative estimate of drug-likeness (QED) is 0.509. The molecule has 8 nitrogen and oxygen atoms in total. The van der Waals surface area contributed by atoms with Crippen LogP contribution in [0.3, 0.4) is 0 Å². The first-order valence-electron chi connectivity index (χ1n) is 10.9. The second-order valence-electron chi connectivity index (χ2n) is 7.71. The van der Waals surface area contributed by atoms with Gasteiger partial charge in [0.05, 0.1) is 19.1 Å². The fourth-order valence-corrected chi connectivity index (χ4v) is 4.40. The van der Waals surface area contributed by atoms with Crippen LogP contribution in [0.25, 0.3) is 0 Å². The summed E-state index contributed by atoms with van der Waals surface area (Å²) >= 11 is 0. The van der Waals surface area contributed by atoms with Crippen molar-refractivity contribution in [2.45, 2.75) is 39.3 Å². The smallest absolute Gasteiger partial charge is 0.242 e. The van der Waals surface area contributed by atoms with E-state index < -0.39 is 16.1 Å². The summed E-state index contributed by atoms with van der Waals surface area (Å²) in [5.41, 5.74) is 1.42. The first kappa shape index (κ1) is 26.2. The normalized spacial score (nSPS) is 12.0. The topological polar surface area (TPSA) is 96.0 Å². The first-order chi connectivity index (χ1) is 15.7. The molecule has 9 heteroatoms. The van der Waals surface area contributed by atoms with Crippen LogP contribution in [0, 0.1) is 0 Å². The molecule has 0 aliphatic rings. The second kappa shape index (κ2) is 12.2. The summed E-state index contributed by atoms with van der Waals surface area (Å²) in [4.78, 5) is 27.1. The van der Waals surface area contributed by atoms with E-state index in [1.165, 1.54) is 11.4 Å². The summed E-state index contributed by atoms with van der Waals surface area (Å²) in [5.74, 6) is 0.192. The number of carbonyl (C=O) groups is 2. The predicted molar refractivity (Wildman–Crippen MR) is 130 cm³/mol. The Morgan fingerprint density at radius 1 is 1.06 bits per heavy atom. The van der Waals surface area contributed by atoms with E-state index in [1.54, 1.807) is 36.1 Å². The third-order valence-corrected chi connectivity index (χ3v) is 6.42. The van der Waals surface area contributed by atoms with E-state index in [0.29, 0.717) is 30.9 Å². The summed E-state index contributed by atoms with van der Waals surface area (Å²) in [7, 11) is -2.00. The lowest BCUT2D eigenvalue weighted by molar-refractivity contribution is -0.140. The number of nitrogens with zero attached hydrogens (tertiary/aromatic N) is 2. The zero-order valence-corrected chi connectivity index (χ0v) is 20.5. The van der Waals surface area contributed by atoms with E-state index in [9.17, 15) is 18.0 Å². The third kappa shape index (κ3) is 7.78. The van der Waals surface area contributed by atoms with Crippen molar-refractivity contribution in [3.05, 3.63) is 60.2 Å². The SMILES string of the molecule is CCNC(=O)[C@@H](C)N(Cc1ccccc1)C(=O)CCCN(c1ccc(OC)cc1)S(C)(=O)=O. The standard InChI is InChI=1S/C24H33N3O5S/c1-5-25-24(29)19(2)26(18-20-10-7-6-8-11-20)23(28)12-9-17-27(33(4,30)31)21-13-15-22(32-3)16-14-21/h6-8,10-11,13-16,19H,5,9,12,17-18H2,1-4H3,(H,25,29)/t19-/m1/s1. The van der Waals surface area contributed by atoms with Crippen molar-refractivity contribution in [3.63, 3.8) is 0 Å². The Kier molecular flexibility index (Phi) is 9.72. The highest BCUT2D eigenvalue weighted by Crippen LogP contribution is 2.22. The number of rotatable bonds is 12. The average molecular weight is 476 g/mol. The molecule has 2 rings (SSSR count). The number of amides is 2. The molecule has 0 aromatic heterocycles. The molecular weight excluding hydrogens is 442 g/mol. The Morgan fingerprint density at radius 2 is 1.70 bits per heavy atom. The molecule has 2 aromatic rings. The monoisotopic (exact) mass is 475 g/mol. The molecule has 180 valence electrons. The van der Waals surface area contributed by atoms with Crippen LogP contribution >= 0.6 is 0 Å². The van der Waals surface area contributed by atoms with Crippen LogP contribution in [0.2, 0.25) is 0 Å². The number of carbonyl (C=O) groups excluding carboxylic acids is 2. The zero-order chi connectivity index (χ0) is 24.4. The van der Waals surface area contributed by atoms with Gasteiger partial charge in [-0.05, 0) is 50.1 Å². The molecule has 33 heavy (non-hydrogen) atoms. The Bertz CT molecular complexity index is 1010. The summed E-state index contributed by atoms with van der Waals surface area (Å²) in [5, 5.41) is 2.76. The molecule has 0 saturated heterocycles. The van der Waals surface area contributed by atoms with Crippen LogP contribution in [-0.4, -0.2) is 57.6 Å². The maximum Gasteiger partial charge on any atom is 0.242 e. The number of nitrogens with one attached hydrogen (secondary N) is 1. The minimum atomic E-state index is -3.54. The molecule has 0 unspecified atom stereocenters. The van der Waals surface area contributed by atoms with Gasteiger partial charge < -0.3 is 15.0 Å². The van der Waals surface area contributed by atoms with Gasteiger partial charge in [0, 0.05) is 26.1 Å². The van der Waals surface area contributed by atoms with Gasteiger partial charge in [-0.2, -0.15) is 0 Å². The Morgan fingerprint density at radius 3 is 2.24 bits per heavy atom. The highest BCUT2D eigenvalue weighted by Gasteiger charge is 2.26. The van der Waals surface area contributed by atoms with Crippen LogP contribution in [0.1, 0.15) is 32.3 Å². The number of ether oxygens (including phenoxy) is 1. The van der Waals surface area contributed by atoms with Crippen LogP contribution in [0.15, 0.2) is 54.6 Å². The number of sulfonamides is 1. The Hall–Kier alpha value is -3.07. The van der Waals surface area contributed by atoms with Crippen LogP contribution in [-0.2, 0) is 26.2 Å². The van der Waals surface area contributed by atoms with Crippen LogP contribution in [0.5, 0.6) is 5.75 Å². The molecule has 1 atom stereocenters. The Balaban J connectivity index is 2.12. The van der Waals surface area contributed by atoms with E-state index >= 15 is 0 Å². The fraction of sp³-hybridized carbons (Fsp3) is 0.417. The van der Waals surface area contributed by atoms with Crippen molar-refractivity contribution in [3.8, 4) is 5.75 Å². The molecule has 0 bridgehead atoms. The lowest BCUT2D eigenvalue weighted by Gasteiger charge is -2.29. The molecule has 0 saturated carbocycles. The van der Waals surface area contributed by atoms with Crippen molar-refractivity contribution in [1.29, 1.82) is 0 Å². The van der Waals surface area contributed by atoms with E-state index in [2.05, 4.69) is 5.32 Å². The molecule has 0 radical (unpaired) electrons. The minimum Gasteiger partial charge on any atom is -0.497 e. The number of likely N-dealkylation sites (N-methyl/N-ethyl adjacent to an activating group) is 1. The molecule has 2 amide bonds. The largest absolute Gasteiger partial charge is 0.497 e. The number of benzene rings is 2. The van der Waals surface area contributed by atoms with Gasteiger partial charge >= 0.3 is 0 Å². The molecule has 0 aliphatic heterocycles. The van der Waals surface area contributed by atoms with Gasteiger partial charge in [0.15, 0.2) is 0 Å². The molecule has 0 fully saturated rings. The third-order valence-electron chi connectivity index (χ3n) is 5.23. The van der Waals surface area contributed by atoms with Crippen molar-refractivity contribution in [2.75, 3.05) is 30.8 Å². The van der Waals surface area contributed by atoms with Gasteiger partial charge in [-0.3, -0.25) is 13.9 Å². The summed E-state index contributed by atoms with van der Waals surface area (Å²) in [6, 6.07) is 15.5. The molecule has 0 heterocycles. The maximum atomic E-state index is 13.1. The maximum absolute atomic E-state index is 13.1. The molecule has 0 spiro atoms. The van der Waals surface area contributed by atoms with Gasteiger partial charge in [0.2, 0.25) is 21.8 Å². The number of methoxy groups -OCH3 is 1. The van der Waals surface area contributed by atoms with Crippen LogP contribution in [0.4, 0.5) is 5.69 Å². The lowest BCUT2D eigenvalue weighted by atomic mass is 10.1. The van der Waals surface area contributed by atoms with Gasteiger partial charge in [0.1, 0.15) is 11.8 Å². The van der Waals surface area contributed by atoms with Gasteiger partial charge in [0.25, 0.3) is 0 Å². The zero-order valence-electron chi connectivity index (χ0n) is 19.7. The van der Waals surface area contributed by atoms with Gasteiger partial charge in [-0.15, -0.1) is 0 Å². The second-order valence-corrected chi connectivity index (χ2v) is 9.62. The minimum absolute atomic E-state index is 0.110. The van der Waals surface area contributed by atoms with Gasteiger partial charge in [-0.25, -0.2) is 8.42 Å². The highest BCUT2D eigenvalue weighted by atomic mass is 32.2. The number of hydrogen-bond donors (Lipinski definition) is 1. The summed E-state index contributed by atoms with van der Waals surface area (Å²) < 4.78 is 31.1. The van der Waals surface area contributed by atoms with E-state index in [0.717, 1.165) is 11.8 Å². The summed E-state index contributed by atoms with van der Waals surface area (Å²) in [6.45, 7) is 4.44. The number of anilines is 1. The van der Waals surface area contributed by atoms with Crippen molar-refractivity contribution in [2.24, 2.45) is 0 Å². The molecule has 2 aromatic carbocycles. The molecule has 0 aliphatic carbocycles. The van der Waals surface area contributed by atoms with Crippen molar-refractivity contribution >= 4 is 27.5 Å². The van der Waals surface area contributed by atoms with E-state index in [4.69, 9.17) is 4.74 Å². The highest BCUT2D eigenvalue weighted by molar-refractivity contribution is 7.92. The van der Waals surface area contributed by atoms with Crippen LogP contribution < -0.4 is 14.4 Å². The first-order valence-corrected chi connectivity index (χ1v) is 12.7. The summed E-state index contributed by atoms with van der Waals surface area (Å²) in [6.07, 6.45) is 1.56.